The lowest BCUT2D eigenvalue weighted by atomic mass is 10.1. The monoisotopic (exact) mass is 318 g/mol. The number of hydrogen-bond donors (Lipinski definition) is 2. The number of hydrogen-bond acceptors (Lipinski definition) is 5. The van der Waals surface area contributed by atoms with Gasteiger partial charge in [-0.1, -0.05) is 0 Å². The number of imidazole rings is 1. The molecule has 1 atom stereocenters. The zero-order chi connectivity index (χ0) is 16.8. The van der Waals surface area contributed by atoms with Gasteiger partial charge in [-0.3, -0.25) is 14.9 Å². The van der Waals surface area contributed by atoms with Crippen LogP contribution in [0.4, 0.5) is 5.69 Å². The van der Waals surface area contributed by atoms with E-state index in [1.54, 1.807) is 6.20 Å². The van der Waals surface area contributed by atoms with Crippen LogP contribution in [0.1, 0.15) is 30.1 Å². The molecule has 0 aliphatic rings. The Morgan fingerprint density at radius 3 is 2.91 bits per heavy atom. The molecular weight excluding hydrogens is 300 g/mol. The molecule has 2 N–H and O–H groups in total. The number of aliphatic hydroxyl groups excluding tert-OH is 1. The molecule has 0 bridgehead atoms. The van der Waals surface area contributed by atoms with Gasteiger partial charge in [0.05, 0.1) is 11.3 Å². The number of carbonyl (C=O) groups is 1. The van der Waals surface area contributed by atoms with Gasteiger partial charge in [-0.25, -0.2) is 4.98 Å². The molecule has 1 aromatic heterocycles. The third-order valence-electron chi connectivity index (χ3n) is 3.39. The summed E-state index contributed by atoms with van der Waals surface area (Å²) in [5.41, 5.74) is 0.396. The average Bonchev–Trinajstić information content (AvgIpc) is 3.06. The second kappa shape index (κ2) is 7.50. The highest BCUT2D eigenvalue weighted by Gasteiger charge is 2.19. The van der Waals surface area contributed by atoms with Gasteiger partial charge in [0, 0.05) is 36.7 Å². The number of aromatic nitrogens is 2. The minimum absolute atomic E-state index is 0.0608. The SMILES string of the molecule is CC(CCCO)NC(=O)c1ccc(-n2ccnc2)c([N+](=O)[O-])c1. The van der Waals surface area contributed by atoms with Crippen LogP contribution in [-0.4, -0.2) is 38.1 Å². The predicted octanol–water partition coefficient (Wildman–Crippen LogP) is 1.67. The van der Waals surface area contributed by atoms with Crippen LogP contribution in [0.15, 0.2) is 36.9 Å². The summed E-state index contributed by atoms with van der Waals surface area (Å²) in [5, 5.41) is 22.8. The quantitative estimate of drug-likeness (QED) is 0.596. The van der Waals surface area contributed by atoms with Crippen molar-refractivity contribution in [2.45, 2.75) is 25.8 Å². The van der Waals surface area contributed by atoms with Crippen molar-refractivity contribution in [3.05, 3.63) is 52.6 Å². The van der Waals surface area contributed by atoms with E-state index < -0.39 is 4.92 Å². The maximum atomic E-state index is 12.2. The van der Waals surface area contributed by atoms with Gasteiger partial charge in [0.1, 0.15) is 5.69 Å². The number of nitro groups is 1. The highest BCUT2D eigenvalue weighted by Crippen LogP contribution is 2.24. The first-order valence-corrected chi connectivity index (χ1v) is 7.21. The van der Waals surface area contributed by atoms with Crippen LogP contribution in [-0.2, 0) is 0 Å². The lowest BCUT2D eigenvalue weighted by Crippen LogP contribution is -2.32. The Morgan fingerprint density at radius 1 is 1.52 bits per heavy atom. The first-order chi connectivity index (χ1) is 11.0. The summed E-state index contributed by atoms with van der Waals surface area (Å²) in [5.74, 6) is -0.379. The normalized spacial score (nSPS) is 11.9. The summed E-state index contributed by atoms with van der Waals surface area (Å²) in [7, 11) is 0. The Kier molecular flexibility index (Phi) is 5.42. The van der Waals surface area contributed by atoms with Crippen molar-refractivity contribution in [1.29, 1.82) is 0 Å². The van der Waals surface area contributed by atoms with E-state index >= 15 is 0 Å². The molecule has 0 fully saturated rings. The number of amides is 1. The molecule has 1 amide bonds. The largest absolute Gasteiger partial charge is 0.396 e. The van der Waals surface area contributed by atoms with Crippen LogP contribution in [0.3, 0.4) is 0 Å². The van der Waals surface area contributed by atoms with Crippen LogP contribution >= 0.6 is 0 Å². The number of nitro benzene ring substituents is 1. The predicted molar refractivity (Wildman–Crippen MR) is 83.5 cm³/mol. The smallest absolute Gasteiger partial charge is 0.294 e. The Balaban J connectivity index is 2.22. The van der Waals surface area contributed by atoms with Crippen LogP contribution in [0.5, 0.6) is 0 Å². The van der Waals surface area contributed by atoms with Gasteiger partial charge >= 0.3 is 0 Å². The van der Waals surface area contributed by atoms with E-state index in [1.165, 1.54) is 35.3 Å². The molecule has 23 heavy (non-hydrogen) atoms. The van der Waals surface area contributed by atoms with Crippen LogP contribution in [0, 0.1) is 10.1 Å². The van der Waals surface area contributed by atoms with Gasteiger partial charge in [0.25, 0.3) is 11.6 Å². The number of rotatable bonds is 7. The topological polar surface area (TPSA) is 110 Å². The minimum Gasteiger partial charge on any atom is -0.396 e. The molecular formula is C15H18N4O4. The molecule has 8 nitrogen and oxygen atoms in total. The third kappa shape index (κ3) is 4.13. The standard InChI is InChI=1S/C15H18N4O4/c1-11(3-2-8-20)17-15(21)12-4-5-13(14(9-12)19(22)23)18-7-6-16-10-18/h4-7,9-11,20H,2-3,8H2,1H3,(H,17,21). The first-order valence-electron chi connectivity index (χ1n) is 7.21. The fourth-order valence-electron chi connectivity index (χ4n) is 2.21. The number of carbonyl (C=O) groups excluding carboxylic acids is 1. The molecule has 1 heterocycles. The number of aliphatic hydroxyl groups is 1. The van der Waals surface area contributed by atoms with Gasteiger partial charge in [0.15, 0.2) is 0 Å². The summed E-state index contributed by atoms with van der Waals surface area (Å²) in [6.45, 7) is 1.88. The fraction of sp³-hybridized carbons (Fsp3) is 0.333. The fourth-order valence-corrected chi connectivity index (χ4v) is 2.21. The molecule has 122 valence electrons. The summed E-state index contributed by atoms with van der Waals surface area (Å²) in [6, 6.07) is 4.19. The summed E-state index contributed by atoms with van der Waals surface area (Å²) >= 11 is 0. The molecule has 1 aromatic carbocycles. The molecule has 8 heteroatoms. The van der Waals surface area contributed by atoms with Crippen molar-refractivity contribution in [3.8, 4) is 5.69 Å². The Bertz CT molecular complexity index is 685. The van der Waals surface area contributed by atoms with E-state index in [0.717, 1.165) is 0 Å². The van der Waals surface area contributed by atoms with E-state index in [4.69, 9.17) is 5.11 Å². The molecule has 2 aromatic rings. The van der Waals surface area contributed by atoms with E-state index in [2.05, 4.69) is 10.3 Å². The van der Waals surface area contributed by atoms with E-state index in [9.17, 15) is 14.9 Å². The van der Waals surface area contributed by atoms with Crippen molar-refractivity contribution in [2.75, 3.05) is 6.61 Å². The lowest BCUT2D eigenvalue weighted by Gasteiger charge is -2.13. The molecule has 2 rings (SSSR count). The van der Waals surface area contributed by atoms with E-state index in [0.29, 0.717) is 18.5 Å². The van der Waals surface area contributed by atoms with Crippen molar-refractivity contribution in [1.82, 2.24) is 14.9 Å². The Hall–Kier alpha value is -2.74. The molecule has 0 saturated carbocycles. The van der Waals surface area contributed by atoms with Crippen molar-refractivity contribution in [2.24, 2.45) is 0 Å². The second-order valence-corrected chi connectivity index (χ2v) is 5.17. The zero-order valence-electron chi connectivity index (χ0n) is 12.7. The molecule has 1 unspecified atom stereocenters. The first kappa shape index (κ1) is 16.6. The maximum absolute atomic E-state index is 12.2. The van der Waals surface area contributed by atoms with Crippen LogP contribution in [0.25, 0.3) is 5.69 Å². The average molecular weight is 318 g/mol. The van der Waals surface area contributed by atoms with Gasteiger partial charge in [-0.15, -0.1) is 0 Å². The Labute approximate surface area is 132 Å². The van der Waals surface area contributed by atoms with Gasteiger partial charge in [-0.2, -0.15) is 0 Å². The summed E-state index contributed by atoms with van der Waals surface area (Å²) < 4.78 is 1.52. The van der Waals surface area contributed by atoms with E-state index in [-0.39, 0.29) is 29.8 Å². The van der Waals surface area contributed by atoms with Crippen LogP contribution < -0.4 is 5.32 Å². The zero-order valence-corrected chi connectivity index (χ0v) is 12.7. The molecule has 0 radical (unpaired) electrons. The van der Waals surface area contributed by atoms with Crippen molar-refractivity contribution in [3.63, 3.8) is 0 Å². The molecule has 0 spiro atoms. The Morgan fingerprint density at radius 2 is 2.30 bits per heavy atom. The molecule has 0 saturated heterocycles. The number of nitrogens with zero attached hydrogens (tertiary/aromatic N) is 3. The van der Waals surface area contributed by atoms with Crippen LogP contribution in [0.2, 0.25) is 0 Å². The number of benzene rings is 1. The molecule has 0 aliphatic carbocycles. The highest BCUT2D eigenvalue weighted by atomic mass is 16.6. The van der Waals surface area contributed by atoms with Crippen molar-refractivity contribution >= 4 is 11.6 Å². The van der Waals surface area contributed by atoms with Gasteiger partial charge in [0.2, 0.25) is 0 Å². The van der Waals surface area contributed by atoms with Gasteiger partial charge in [-0.05, 0) is 31.9 Å². The maximum Gasteiger partial charge on any atom is 0.294 e. The highest BCUT2D eigenvalue weighted by molar-refractivity contribution is 5.95. The summed E-state index contributed by atoms with van der Waals surface area (Å²) in [6.07, 6.45) is 5.80. The van der Waals surface area contributed by atoms with E-state index in [1.807, 2.05) is 6.92 Å². The summed E-state index contributed by atoms with van der Waals surface area (Å²) in [4.78, 5) is 26.8. The van der Waals surface area contributed by atoms with Gasteiger partial charge < -0.3 is 15.0 Å². The third-order valence-corrected chi connectivity index (χ3v) is 3.39. The second-order valence-electron chi connectivity index (χ2n) is 5.17. The minimum atomic E-state index is -0.526. The number of nitrogens with one attached hydrogen (secondary N) is 1. The van der Waals surface area contributed by atoms with Crippen molar-refractivity contribution < 1.29 is 14.8 Å². The molecule has 0 aliphatic heterocycles. The lowest BCUT2D eigenvalue weighted by molar-refractivity contribution is -0.384.